The van der Waals surface area contributed by atoms with Gasteiger partial charge in [0.2, 0.25) is 0 Å². The van der Waals surface area contributed by atoms with Gasteiger partial charge in [-0.05, 0) is 30.2 Å². The number of hydrogen-bond acceptors (Lipinski definition) is 5. The summed E-state index contributed by atoms with van der Waals surface area (Å²) in [5.74, 6) is 1.09. The number of fused-ring (bicyclic) bond motifs is 2. The van der Waals surface area contributed by atoms with Gasteiger partial charge in [0.25, 0.3) is 5.69 Å². The van der Waals surface area contributed by atoms with Crippen LogP contribution in [0.4, 0.5) is 11.4 Å². The lowest BCUT2D eigenvalue weighted by atomic mass is 10.0. The van der Waals surface area contributed by atoms with E-state index in [4.69, 9.17) is 4.98 Å². The molecule has 0 amide bonds. The van der Waals surface area contributed by atoms with Crippen LogP contribution in [0.25, 0.3) is 21.8 Å². The van der Waals surface area contributed by atoms with Crippen molar-refractivity contribution in [3.8, 4) is 0 Å². The Morgan fingerprint density at radius 2 is 1.93 bits per heavy atom. The number of rotatable bonds is 5. The lowest BCUT2D eigenvalue weighted by Gasteiger charge is -2.22. The fourth-order valence-corrected chi connectivity index (χ4v) is 3.30. The first-order valence-electron chi connectivity index (χ1n) is 8.77. The second-order valence-electron chi connectivity index (χ2n) is 6.82. The molecule has 0 saturated carbocycles. The highest BCUT2D eigenvalue weighted by Gasteiger charge is 2.22. The Morgan fingerprint density at radius 3 is 2.67 bits per heavy atom. The molecule has 0 bridgehead atoms. The summed E-state index contributed by atoms with van der Waals surface area (Å²) in [4.78, 5) is 23.1. The van der Waals surface area contributed by atoms with Gasteiger partial charge in [-0.3, -0.25) is 15.1 Å². The van der Waals surface area contributed by atoms with E-state index in [9.17, 15) is 10.1 Å². The Kier molecular flexibility index (Phi) is 4.19. The van der Waals surface area contributed by atoms with E-state index < -0.39 is 0 Å². The van der Waals surface area contributed by atoms with Gasteiger partial charge in [0, 0.05) is 29.5 Å². The Labute approximate surface area is 155 Å². The molecule has 0 saturated heterocycles. The Hall–Kier alpha value is -3.48. The Bertz CT molecular complexity index is 1100. The molecule has 136 valence electrons. The first kappa shape index (κ1) is 17.0. The maximum absolute atomic E-state index is 11.3. The van der Waals surface area contributed by atoms with E-state index >= 15 is 0 Å². The molecule has 0 aliphatic rings. The predicted octanol–water partition coefficient (Wildman–Crippen LogP) is 4.83. The third-order valence-corrected chi connectivity index (χ3v) is 4.67. The predicted molar refractivity (Wildman–Crippen MR) is 106 cm³/mol. The number of non-ortho nitro benzene ring substituents is 1. The summed E-state index contributed by atoms with van der Waals surface area (Å²) in [6.07, 6.45) is 3.17. The molecule has 7 nitrogen and oxygen atoms in total. The second kappa shape index (κ2) is 6.68. The van der Waals surface area contributed by atoms with Gasteiger partial charge in [-0.25, -0.2) is 4.98 Å². The molecule has 0 aliphatic carbocycles. The third-order valence-electron chi connectivity index (χ3n) is 4.67. The van der Waals surface area contributed by atoms with Gasteiger partial charge in [-0.2, -0.15) is 0 Å². The number of nitro benzene ring substituents is 1. The van der Waals surface area contributed by atoms with Gasteiger partial charge in [-0.15, -0.1) is 0 Å². The molecule has 2 aromatic heterocycles. The number of pyridine rings is 1. The van der Waals surface area contributed by atoms with E-state index in [1.54, 1.807) is 18.3 Å². The third kappa shape index (κ3) is 3.08. The van der Waals surface area contributed by atoms with Crippen LogP contribution >= 0.6 is 0 Å². The lowest BCUT2D eigenvalue weighted by molar-refractivity contribution is -0.383. The SMILES string of the molecule is CC(C)[C@H](Nc1ccc([N+](=O)[O-])c2cnccc12)c1nc2ccccc2[nH]1. The van der Waals surface area contributed by atoms with Gasteiger partial charge in [0.1, 0.15) is 5.82 Å². The van der Waals surface area contributed by atoms with Crippen LogP contribution in [-0.2, 0) is 0 Å². The molecule has 0 aliphatic heterocycles. The van der Waals surface area contributed by atoms with E-state index in [1.807, 2.05) is 24.3 Å². The van der Waals surface area contributed by atoms with Gasteiger partial charge < -0.3 is 10.3 Å². The summed E-state index contributed by atoms with van der Waals surface area (Å²) in [5, 5.41) is 16.1. The molecular weight excluding hydrogens is 342 g/mol. The van der Waals surface area contributed by atoms with Crippen LogP contribution in [0.15, 0.2) is 54.9 Å². The summed E-state index contributed by atoms with van der Waals surface area (Å²) in [7, 11) is 0. The highest BCUT2D eigenvalue weighted by molar-refractivity contribution is 5.99. The van der Waals surface area contributed by atoms with E-state index in [-0.39, 0.29) is 22.6 Å². The van der Waals surface area contributed by atoms with Crippen molar-refractivity contribution < 1.29 is 4.92 Å². The van der Waals surface area contributed by atoms with Crippen molar-refractivity contribution in [2.45, 2.75) is 19.9 Å². The van der Waals surface area contributed by atoms with E-state index in [0.29, 0.717) is 5.39 Å². The summed E-state index contributed by atoms with van der Waals surface area (Å²) in [6, 6.07) is 12.9. The van der Waals surface area contributed by atoms with Crippen LogP contribution in [-0.4, -0.2) is 19.9 Å². The van der Waals surface area contributed by atoms with Gasteiger partial charge >= 0.3 is 0 Å². The average Bonchev–Trinajstić information content (AvgIpc) is 3.09. The number of benzene rings is 2. The van der Waals surface area contributed by atoms with Crippen LogP contribution in [0, 0.1) is 16.0 Å². The summed E-state index contributed by atoms with van der Waals surface area (Å²) < 4.78 is 0. The summed E-state index contributed by atoms with van der Waals surface area (Å²) >= 11 is 0. The fraction of sp³-hybridized carbons (Fsp3) is 0.200. The summed E-state index contributed by atoms with van der Waals surface area (Å²) in [6.45, 7) is 4.22. The van der Waals surface area contributed by atoms with Gasteiger partial charge in [0.15, 0.2) is 0 Å². The van der Waals surface area contributed by atoms with Crippen molar-refractivity contribution in [3.05, 3.63) is 70.8 Å². The zero-order valence-corrected chi connectivity index (χ0v) is 15.0. The van der Waals surface area contributed by atoms with Crippen molar-refractivity contribution in [1.29, 1.82) is 0 Å². The zero-order valence-electron chi connectivity index (χ0n) is 15.0. The molecule has 0 fully saturated rings. The van der Waals surface area contributed by atoms with E-state index in [2.05, 4.69) is 29.1 Å². The molecule has 7 heteroatoms. The molecule has 2 aromatic carbocycles. The Balaban J connectivity index is 1.78. The maximum Gasteiger partial charge on any atom is 0.278 e. The largest absolute Gasteiger partial charge is 0.374 e. The molecule has 4 aromatic rings. The van der Waals surface area contributed by atoms with Crippen molar-refractivity contribution >= 4 is 33.2 Å². The number of hydrogen-bond donors (Lipinski definition) is 2. The first-order valence-corrected chi connectivity index (χ1v) is 8.77. The van der Waals surface area contributed by atoms with Crippen LogP contribution in [0.3, 0.4) is 0 Å². The van der Waals surface area contributed by atoms with Gasteiger partial charge in [-0.1, -0.05) is 26.0 Å². The first-order chi connectivity index (χ1) is 13.0. The molecule has 0 unspecified atom stereocenters. The van der Waals surface area contributed by atoms with Gasteiger partial charge in [0.05, 0.1) is 27.4 Å². The average molecular weight is 361 g/mol. The lowest BCUT2D eigenvalue weighted by Crippen LogP contribution is -2.18. The number of H-pyrrole nitrogens is 1. The number of para-hydroxylation sites is 2. The maximum atomic E-state index is 11.3. The van der Waals surface area contributed by atoms with Crippen LogP contribution in [0.2, 0.25) is 0 Å². The number of imidazole rings is 1. The van der Waals surface area contributed by atoms with Crippen molar-refractivity contribution in [3.63, 3.8) is 0 Å². The topological polar surface area (TPSA) is 96.7 Å². The molecule has 4 rings (SSSR count). The highest BCUT2D eigenvalue weighted by Crippen LogP contribution is 2.34. The van der Waals surface area contributed by atoms with Crippen LogP contribution < -0.4 is 5.32 Å². The van der Waals surface area contributed by atoms with Crippen molar-refractivity contribution in [2.24, 2.45) is 5.92 Å². The molecule has 2 N–H and O–H groups in total. The Morgan fingerprint density at radius 1 is 1.11 bits per heavy atom. The smallest absolute Gasteiger partial charge is 0.278 e. The van der Waals surface area contributed by atoms with Crippen molar-refractivity contribution in [2.75, 3.05) is 5.32 Å². The van der Waals surface area contributed by atoms with E-state index in [0.717, 1.165) is 27.9 Å². The number of anilines is 1. The molecule has 0 radical (unpaired) electrons. The summed E-state index contributed by atoms with van der Waals surface area (Å²) in [5.41, 5.74) is 2.76. The number of nitrogens with one attached hydrogen (secondary N) is 2. The number of aromatic nitrogens is 3. The number of aromatic amines is 1. The molecule has 27 heavy (non-hydrogen) atoms. The number of nitro groups is 1. The van der Waals surface area contributed by atoms with Crippen LogP contribution in [0.1, 0.15) is 25.7 Å². The minimum atomic E-state index is -0.382. The highest BCUT2D eigenvalue weighted by atomic mass is 16.6. The molecule has 2 heterocycles. The standard InChI is InChI=1S/C20H19N5O2/c1-12(2)19(20-23-16-5-3-4-6-17(16)24-20)22-15-7-8-18(25(26)27)14-11-21-10-9-13(14)15/h3-12,19,22H,1-2H3,(H,23,24)/t19-/m0/s1. The zero-order chi connectivity index (χ0) is 19.0. The normalized spacial score (nSPS) is 12.6. The van der Waals surface area contributed by atoms with Crippen LogP contribution in [0.5, 0.6) is 0 Å². The molecule has 1 atom stereocenters. The fourth-order valence-electron chi connectivity index (χ4n) is 3.30. The minimum Gasteiger partial charge on any atom is -0.374 e. The molecule has 0 spiro atoms. The van der Waals surface area contributed by atoms with E-state index in [1.165, 1.54) is 12.3 Å². The quantitative estimate of drug-likeness (QED) is 0.392. The monoisotopic (exact) mass is 361 g/mol. The number of nitrogens with zero attached hydrogens (tertiary/aromatic N) is 3. The minimum absolute atomic E-state index is 0.0495. The second-order valence-corrected chi connectivity index (χ2v) is 6.82. The van der Waals surface area contributed by atoms with Crippen molar-refractivity contribution in [1.82, 2.24) is 15.0 Å². The molecular formula is C20H19N5O2.